The van der Waals surface area contributed by atoms with Crippen molar-refractivity contribution in [1.29, 1.82) is 0 Å². The summed E-state index contributed by atoms with van der Waals surface area (Å²) in [6.45, 7) is 4.82. The molecule has 0 saturated carbocycles. The fourth-order valence-corrected chi connectivity index (χ4v) is 4.09. The van der Waals surface area contributed by atoms with E-state index in [0.29, 0.717) is 13.0 Å². The number of carbonyl (C=O) groups excluding carboxylic acids is 1. The number of hydrogen-bond donors (Lipinski definition) is 1. The Labute approximate surface area is 172 Å². The molecule has 1 aromatic heterocycles. The second-order valence-electron chi connectivity index (χ2n) is 7.21. The molecule has 150 valence electrons. The van der Waals surface area contributed by atoms with Gasteiger partial charge in [0.1, 0.15) is 5.82 Å². The maximum Gasteiger partial charge on any atom is 0.220 e. The van der Waals surface area contributed by atoms with Crippen LogP contribution in [-0.4, -0.2) is 54.8 Å². The van der Waals surface area contributed by atoms with Gasteiger partial charge in [-0.25, -0.2) is 4.98 Å². The van der Waals surface area contributed by atoms with Gasteiger partial charge in [-0.05, 0) is 55.9 Å². The molecule has 1 aromatic carbocycles. The van der Waals surface area contributed by atoms with E-state index in [0.717, 1.165) is 49.7 Å². The number of thioether (sulfide) groups is 1. The van der Waals surface area contributed by atoms with Crippen LogP contribution in [0.25, 0.3) is 0 Å². The van der Waals surface area contributed by atoms with Crippen LogP contribution in [-0.2, 0) is 11.3 Å². The summed E-state index contributed by atoms with van der Waals surface area (Å²) in [6.07, 6.45) is 4.49. The fourth-order valence-electron chi connectivity index (χ4n) is 3.21. The lowest BCUT2D eigenvalue weighted by Crippen LogP contribution is -2.29. The highest BCUT2D eigenvalue weighted by Crippen LogP contribution is 2.18. The molecule has 1 fully saturated rings. The van der Waals surface area contributed by atoms with Crippen LogP contribution in [0.4, 0.5) is 5.82 Å². The summed E-state index contributed by atoms with van der Waals surface area (Å²) in [7, 11) is 2.17. The Balaban J connectivity index is 1.35. The van der Waals surface area contributed by atoms with Crippen molar-refractivity contribution in [3.8, 4) is 0 Å². The molecule has 0 aliphatic carbocycles. The van der Waals surface area contributed by atoms with Crippen molar-refractivity contribution < 1.29 is 4.79 Å². The normalized spacial score (nSPS) is 15.2. The van der Waals surface area contributed by atoms with Crippen molar-refractivity contribution in [3.05, 3.63) is 54.2 Å². The molecule has 5 nitrogen and oxygen atoms in total. The number of carbonyl (C=O) groups is 1. The molecule has 6 heteroatoms. The molecule has 1 aliphatic heterocycles. The van der Waals surface area contributed by atoms with Crippen molar-refractivity contribution in [2.75, 3.05) is 43.9 Å². The van der Waals surface area contributed by atoms with E-state index in [-0.39, 0.29) is 5.91 Å². The van der Waals surface area contributed by atoms with Gasteiger partial charge in [0.25, 0.3) is 0 Å². The lowest BCUT2D eigenvalue weighted by Gasteiger charge is -2.21. The minimum absolute atomic E-state index is 0.105. The topological polar surface area (TPSA) is 48.5 Å². The first kappa shape index (κ1) is 20.7. The van der Waals surface area contributed by atoms with Gasteiger partial charge < -0.3 is 15.1 Å². The number of anilines is 1. The smallest absolute Gasteiger partial charge is 0.220 e. The summed E-state index contributed by atoms with van der Waals surface area (Å²) >= 11 is 1.80. The van der Waals surface area contributed by atoms with Crippen LogP contribution < -0.4 is 10.2 Å². The first-order valence-electron chi connectivity index (χ1n) is 10.0. The maximum atomic E-state index is 12.1. The average Bonchev–Trinajstić information content (AvgIpc) is 2.95. The van der Waals surface area contributed by atoms with Gasteiger partial charge >= 0.3 is 0 Å². The minimum atomic E-state index is 0.105. The van der Waals surface area contributed by atoms with Gasteiger partial charge in [-0.2, -0.15) is 0 Å². The zero-order valence-corrected chi connectivity index (χ0v) is 17.5. The highest BCUT2D eigenvalue weighted by molar-refractivity contribution is 7.99. The van der Waals surface area contributed by atoms with Crippen LogP contribution in [0.3, 0.4) is 0 Å². The third-order valence-electron chi connectivity index (χ3n) is 4.90. The van der Waals surface area contributed by atoms with E-state index in [1.165, 1.54) is 11.3 Å². The molecule has 1 amide bonds. The predicted octanol–water partition coefficient (Wildman–Crippen LogP) is 3.41. The summed E-state index contributed by atoms with van der Waals surface area (Å²) in [5, 5.41) is 3.00. The zero-order chi connectivity index (χ0) is 19.6. The van der Waals surface area contributed by atoms with E-state index in [4.69, 9.17) is 0 Å². The second kappa shape index (κ2) is 11.1. The molecule has 2 aromatic rings. The molecule has 0 unspecified atom stereocenters. The largest absolute Gasteiger partial charge is 0.355 e. The SMILES string of the molecule is CN1CCCN(c2ccc(CNC(=O)CCCSc3ccccc3)cn2)CC1. The number of pyridine rings is 1. The monoisotopic (exact) mass is 398 g/mol. The molecule has 0 atom stereocenters. The molecule has 0 spiro atoms. The number of aromatic nitrogens is 1. The molecule has 3 rings (SSSR count). The van der Waals surface area contributed by atoms with Gasteiger partial charge in [0.2, 0.25) is 5.91 Å². The number of nitrogens with one attached hydrogen (secondary N) is 1. The predicted molar refractivity (Wildman–Crippen MR) is 117 cm³/mol. The van der Waals surface area contributed by atoms with Gasteiger partial charge in [-0.3, -0.25) is 4.79 Å². The van der Waals surface area contributed by atoms with Crippen molar-refractivity contribution >= 4 is 23.5 Å². The van der Waals surface area contributed by atoms with E-state index in [2.05, 4.69) is 51.4 Å². The number of nitrogens with zero attached hydrogens (tertiary/aromatic N) is 3. The summed E-state index contributed by atoms with van der Waals surface area (Å²) < 4.78 is 0. The Morgan fingerprint density at radius 2 is 1.96 bits per heavy atom. The van der Waals surface area contributed by atoms with Gasteiger partial charge in [0, 0.05) is 43.7 Å². The average molecular weight is 399 g/mol. The Morgan fingerprint density at radius 1 is 1.11 bits per heavy atom. The number of rotatable bonds is 8. The van der Waals surface area contributed by atoms with Crippen molar-refractivity contribution in [3.63, 3.8) is 0 Å². The highest BCUT2D eigenvalue weighted by atomic mass is 32.2. The molecule has 28 heavy (non-hydrogen) atoms. The van der Waals surface area contributed by atoms with E-state index in [1.54, 1.807) is 11.8 Å². The summed E-state index contributed by atoms with van der Waals surface area (Å²) in [5.41, 5.74) is 1.04. The lowest BCUT2D eigenvalue weighted by atomic mass is 10.2. The van der Waals surface area contributed by atoms with E-state index in [1.807, 2.05) is 24.4 Å². The van der Waals surface area contributed by atoms with Gasteiger partial charge in [0.15, 0.2) is 0 Å². The van der Waals surface area contributed by atoms with E-state index < -0.39 is 0 Å². The van der Waals surface area contributed by atoms with Gasteiger partial charge in [0.05, 0.1) is 0 Å². The number of benzene rings is 1. The van der Waals surface area contributed by atoms with Crippen molar-refractivity contribution in [1.82, 2.24) is 15.2 Å². The Hall–Kier alpha value is -2.05. The molecule has 0 bridgehead atoms. The third kappa shape index (κ3) is 6.84. The Bertz CT molecular complexity index is 723. The molecule has 2 heterocycles. The first-order valence-corrected chi connectivity index (χ1v) is 11.0. The molecule has 1 aliphatic rings. The molecular formula is C22H30N4OS. The number of hydrogen-bond acceptors (Lipinski definition) is 5. The quantitative estimate of drug-likeness (QED) is 0.545. The summed E-state index contributed by atoms with van der Waals surface area (Å²) in [6, 6.07) is 14.5. The molecule has 1 saturated heterocycles. The number of amides is 1. The third-order valence-corrected chi connectivity index (χ3v) is 6.00. The molecule has 0 radical (unpaired) electrons. The maximum absolute atomic E-state index is 12.1. The lowest BCUT2D eigenvalue weighted by molar-refractivity contribution is -0.121. The second-order valence-corrected chi connectivity index (χ2v) is 8.38. The first-order chi connectivity index (χ1) is 13.7. The highest BCUT2D eigenvalue weighted by Gasteiger charge is 2.13. The zero-order valence-electron chi connectivity index (χ0n) is 16.6. The van der Waals surface area contributed by atoms with Crippen LogP contribution in [0, 0.1) is 0 Å². The van der Waals surface area contributed by atoms with Crippen molar-refractivity contribution in [2.24, 2.45) is 0 Å². The number of likely N-dealkylation sites (N-methyl/N-ethyl adjacent to an activating group) is 1. The fraction of sp³-hybridized carbons (Fsp3) is 0.455. The summed E-state index contributed by atoms with van der Waals surface area (Å²) in [5.74, 6) is 2.09. The van der Waals surface area contributed by atoms with Crippen LogP contribution >= 0.6 is 11.8 Å². The van der Waals surface area contributed by atoms with Crippen molar-refractivity contribution in [2.45, 2.75) is 30.7 Å². The van der Waals surface area contributed by atoms with Gasteiger partial charge in [-0.1, -0.05) is 24.3 Å². The van der Waals surface area contributed by atoms with E-state index in [9.17, 15) is 4.79 Å². The van der Waals surface area contributed by atoms with Crippen LogP contribution in [0.1, 0.15) is 24.8 Å². The summed E-state index contributed by atoms with van der Waals surface area (Å²) in [4.78, 5) is 22.6. The standard InChI is InChI=1S/C22H30N4OS/c1-25-12-6-13-26(15-14-25)21-11-10-19(17-23-21)18-24-22(27)9-5-16-28-20-7-3-2-4-8-20/h2-4,7-8,10-11,17H,5-6,9,12-16,18H2,1H3,(H,24,27). The molecule has 1 N–H and O–H groups in total. The van der Waals surface area contributed by atoms with Crippen LogP contribution in [0.5, 0.6) is 0 Å². The molecular weight excluding hydrogens is 368 g/mol. The van der Waals surface area contributed by atoms with Gasteiger partial charge in [-0.15, -0.1) is 11.8 Å². The minimum Gasteiger partial charge on any atom is -0.355 e. The van der Waals surface area contributed by atoms with Crippen LogP contribution in [0.15, 0.2) is 53.6 Å². The Kier molecular flexibility index (Phi) is 8.18. The van der Waals surface area contributed by atoms with E-state index >= 15 is 0 Å². The Morgan fingerprint density at radius 3 is 2.75 bits per heavy atom. The van der Waals surface area contributed by atoms with Crippen LogP contribution in [0.2, 0.25) is 0 Å².